The Morgan fingerprint density at radius 2 is 2.10 bits per heavy atom. The SMILES string of the molecule is CCS(=O)(=O)CCOc1ccc(CNC)cc1[N+](=O)[O-]. The molecule has 1 aromatic rings. The van der Waals surface area contributed by atoms with Crippen molar-refractivity contribution >= 4 is 15.5 Å². The summed E-state index contributed by atoms with van der Waals surface area (Å²) in [5, 5.41) is 13.9. The van der Waals surface area contributed by atoms with Crippen molar-refractivity contribution in [2.24, 2.45) is 0 Å². The molecular weight excluding hydrogens is 284 g/mol. The second-order valence-electron chi connectivity index (χ2n) is 4.17. The number of benzene rings is 1. The van der Waals surface area contributed by atoms with Crippen LogP contribution in [0.15, 0.2) is 18.2 Å². The third-order valence-corrected chi connectivity index (χ3v) is 4.36. The van der Waals surface area contributed by atoms with Crippen LogP contribution in [0.1, 0.15) is 12.5 Å². The van der Waals surface area contributed by atoms with Crippen molar-refractivity contribution in [3.8, 4) is 5.75 Å². The molecular formula is C12H18N2O5S. The zero-order valence-corrected chi connectivity index (χ0v) is 12.3. The van der Waals surface area contributed by atoms with Crippen LogP contribution in [0.5, 0.6) is 5.75 Å². The van der Waals surface area contributed by atoms with Gasteiger partial charge < -0.3 is 10.1 Å². The molecule has 0 aliphatic carbocycles. The van der Waals surface area contributed by atoms with Crippen LogP contribution in [0.4, 0.5) is 5.69 Å². The number of nitro benzene ring substituents is 1. The third-order valence-electron chi connectivity index (χ3n) is 2.69. The van der Waals surface area contributed by atoms with Gasteiger partial charge in [0, 0.05) is 18.4 Å². The number of hydrogen-bond acceptors (Lipinski definition) is 6. The predicted octanol–water partition coefficient (Wildman–Crippen LogP) is 1.13. The molecule has 1 N–H and O–H groups in total. The summed E-state index contributed by atoms with van der Waals surface area (Å²) in [6.07, 6.45) is 0. The van der Waals surface area contributed by atoms with Crippen LogP contribution in [-0.2, 0) is 16.4 Å². The Kier molecular flexibility index (Phi) is 5.90. The first kappa shape index (κ1) is 16.4. The zero-order valence-electron chi connectivity index (χ0n) is 11.5. The van der Waals surface area contributed by atoms with Gasteiger partial charge in [-0.25, -0.2) is 8.42 Å². The van der Waals surface area contributed by atoms with E-state index in [1.165, 1.54) is 12.1 Å². The molecule has 0 amide bonds. The van der Waals surface area contributed by atoms with E-state index < -0.39 is 14.8 Å². The summed E-state index contributed by atoms with van der Waals surface area (Å²) in [5.41, 5.74) is 0.597. The van der Waals surface area contributed by atoms with E-state index in [-0.39, 0.29) is 29.5 Å². The number of sulfone groups is 1. The van der Waals surface area contributed by atoms with Gasteiger partial charge in [0.05, 0.1) is 10.7 Å². The maximum atomic E-state index is 11.3. The van der Waals surface area contributed by atoms with Crippen LogP contribution < -0.4 is 10.1 Å². The maximum absolute atomic E-state index is 11.3. The van der Waals surface area contributed by atoms with Gasteiger partial charge in [0.2, 0.25) is 0 Å². The van der Waals surface area contributed by atoms with Gasteiger partial charge in [-0.05, 0) is 18.7 Å². The monoisotopic (exact) mass is 302 g/mol. The van der Waals surface area contributed by atoms with E-state index in [2.05, 4.69) is 5.32 Å². The first-order valence-electron chi connectivity index (χ1n) is 6.14. The Hall–Kier alpha value is -1.67. The molecule has 20 heavy (non-hydrogen) atoms. The Labute approximate surface area is 118 Å². The van der Waals surface area contributed by atoms with Crippen LogP contribution in [-0.4, -0.2) is 38.5 Å². The van der Waals surface area contributed by atoms with Gasteiger partial charge >= 0.3 is 5.69 Å². The molecule has 0 aliphatic heterocycles. The summed E-state index contributed by atoms with van der Waals surface area (Å²) in [5.74, 6) is -0.0421. The summed E-state index contributed by atoms with van der Waals surface area (Å²) in [7, 11) is -1.40. The van der Waals surface area contributed by atoms with Gasteiger partial charge in [-0.3, -0.25) is 10.1 Å². The number of rotatable bonds is 8. The van der Waals surface area contributed by atoms with Crippen molar-refractivity contribution in [3.05, 3.63) is 33.9 Å². The Morgan fingerprint density at radius 3 is 2.65 bits per heavy atom. The molecule has 112 valence electrons. The van der Waals surface area contributed by atoms with Gasteiger partial charge in [0.25, 0.3) is 0 Å². The summed E-state index contributed by atoms with van der Waals surface area (Å²) in [4.78, 5) is 10.4. The molecule has 0 saturated carbocycles. The minimum atomic E-state index is -3.14. The second kappa shape index (κ2) is 7.20. The van der Waals surface area contributed by atoms with Gasteiger partial charge in [0.1, 0.15) is 6.61 Å². The van der Waals surface area contributed by atoms with E-state index in [0.29, 0.717) is 6.54 Å². The van der Waals surface area contributed by atoms with Crippen molar-refractivity contribution in [3.63, 3.8) is 0 Å². The number of hydrogen-bond donors (Lipinski definition) is 1. The molecule has 0 unspecified atom stereocenters. The fourth-order valence-electron chi connectivity index (χ4n) is 1.56. The minimum absolute atomic E-state index is 0.0273. The van der Waals surface area contributed by atoms with E-state index in [4.69, 9.17) is 4.74 Å². The summed E-state index contributed by atoms with van der Waals surface area (Å²) >= 11 is 0. The molecule has 0 heterocycles. The lowest BCUT2D eigenvalue weighted by Gasteiger charge is -2.08. The average molecular weight is 302 g/mol. The first-order valence-corrected chi connectivity index (χ1v) is 7.97. The minimum Gasteiger partial charge on any atom is -0.486 e. The third kappa shape index (κ3) is 4.78. The average Bonchev–Trinajstić information content (AvgIpc) is 2.40. The molecule has 1 rings (SSSR count). The van der Waals surface area contributed by atoms with Gasteiger partial charge in [-0.1, -0.05) is 13.0 Å². The molecule has 0 atom stereocenters. The van der Waals surface area contributed by atoms with Crippen molar-refractivity contribution < 1.29 is 18.1 Å². The fraction of sp³-hybridized carbons (Fsp3) is 0.500. The highest BCUT2D eigenvalue weighted by Crippen LogP contribution is 2.28. The van der Waals surface area contributed by atoms with E-state index >= 15 is 0 Å². The van der Waals surface area contributed by atoms with Gasteiger partial charge in [0.15, 0.2) is 15.6 Å². The van der Waals surface area contributed by atoms with E-state index in [1.807, 2.05) is 0 Å². The Balaban J connectivity index is 2.81. The predicted molar refractivity (Wildman–Crippen MR) is 75.7 cm³/mol. The zero-order chi connectivity index (χ0) is 15.2. The maximum Gasteiger partial charge on any atom is 0.311 e. The number of nitrogens with one attached hydrogen (secondary N) is 1. The molecule has 0 aliphatic rings. The topological polar surface area (TPSA) is 98.5 Å². The molecule has 0 fully saturated rings. The highest BCUT2D eigenvalue weighted by molar-refractivity contribution is 7.91. The van der Waals surface area contributed by atoms with Crippen molar-refractivity contribution in [1.29, 1.82) is 0 Å². The van der Waals surface area contributed by atoms with Crippen LogP contribution in [0.3, 0.4) is 0 Å². The van der Waals surface area contributed by atoms with Crippen LogP contribution in [0.25, 0.3) is 0 Å². The Morgan fingerprint density at radius 1 is 1.40 bits per heavy atom. The van der Waals surface area contributed by atoms with Crippen LogP contribution in [0, 0.1) is 10.1 Å². The molecule has 0 aromatic heterocycles. The standard InChI is InChI=1S/C12H18N2O5S/c1-3-20(17,18)7-6-19-12-5-4-10(9-13-2)8-11(12)14(15)16/h4-5,8,13H,3,6-7,9H2,1-2H3. The van der Waals surface area contributed by atoms with Crippen LogP contribution >= 0.6 is 0 Å². The quantitative estimate of drug-likeness (QED) is 0.571. The summed E-state index contributed by atoms with van der Waals surface area (Å²) in [6.45, 7) is 1.96. The fourth-order valence-corrected chi connectivity index (χ4v) is 2.19. The molecule has 8 heteroatoms. The van der Waals surface area contributed by atoms with Crippen molar-refractivity contribution in [2.45, 2.75) is 13.5 Å². The Bertz CT molecular complexity index is 571. The summed E-state index contributed by atoms with van der Waals surface area (Å²) < 4.78 is 27.9. The van der Waals surface area contributed by atoms with E-state index in [9.17, 15) is 18.5 Å². The molecule has 0 spiro atoms. The molecule has 0 bridgehead atoms. The number of nitrogens with zero attached hydrogens (tertiary/aromatic N) is 1. The first-order chi connectivity index (χ1) is 9.39. The van der Waals surface area contributed by atoms with E-state index in [1.54, 1.807) is 20.0 Å². The second-order valence-corrected chi connectivity index (χ2v) is 6.65. The van der Waals surface area contributed by atoms with Crippen molar-refractivity contribution in [2.75, 3.05) is 25.2 Å². The normalized spacial score (nSPS) is 11.3. The molecule has 0 radical (unpaired) electrons. The summed E-state index contributed by atoms with van der Waals surface area (Å²) in [6, 6.07) is 4.61. The lowest BCUT2D eigenvalue weighted by atomic mass is 10.2. The number of ether oxygens (including phenoxy) is 1. The highest BCUT2D eigenvalue weighted by Gasteiger charge is 2.17. The molecule has 7 nitrogen and oxygen atoms in total. The highest BCUT2D eigenvalue weighted by atomic mass is 32.2. The smallest absolute Gasteiger partial charge is 0.311 e. The largest absolute Gasteiger partial charge is 0.486 e. The lowest BCUT2D eigenvalue weighted by Crippen LogP contribution is -2.16. The lowest BCUT2D eigenvalue weighted by molar-refractivity contribution is -0.385. The van der Waals surface area contributed by atoms with Crippen molar-refractivity contribution in [1.82, 2.24) is 5.32 Å². The van der Waals surface area contributed by atoms with Crippen LogP contribution in [0.2, 0.25) is 0 Å². The molecule has 1 aromatic carbocycles. The van der Waals surface area contributed by atoms with Gasteiger partial charge in [-0.15, -0.1) is 0 Å². The molecule has 0 saturated heterocycles. The van der Waals surface area contributed by atoms with Gasteiger partial charge in [-0.2, -0.15) is 0 Å². The number of nitro groups is 1. The van der Waals surface area contributed by atoms with E-state index in [0.717, 1.165) is 5.56 Å².